The average molecular weight is 311 g/mol. The van der Waals surface area contributed by atoms with Crippen molar-refractivity contribution in [3.8, 4) is 0 Å². The molecule has 1 aliphatic carbocycles. The first kappa shape index (κ1) is 14.1. The quantitative estimate of drug-likeness (QED) is 0.817. The van der Waals surface area contributed by atoms with E-state index >= 15 is 0 Å². The molecule has 0 radical (unpaired) electrons. The number of para-hydroxylation sites is 1. The normalized spacial score (nSPS) is 25.1. The van der Waals surface area contributed by atoms with Crippen molar-refractivity contribution in [2.75, 3.05) is 12.0 Å². The van der Waals surface area contributed by atoms with Crippen molar-refractivity contribution in [2.24, 2.45) is 5.92 Å². The number of rotatable bonds is 3. The van der Waals surface area contributed by atoms with E-state index in [0.29, 0.717) is 6.42 Å². The van der Waals surface area contributed by atoms with Crippen LogP contribution in [0.4, 0.5) is 5.69 Å². The Kier molecular flexibility index (Phi) is 3.22. The van der Waals surface area contributed by atoms with Gasteiger partial charge in [-0.1, -0.05) is 18.2 Å². The number of nitrogens with zero attached hydrogens (tertiary/aromatic N) is 1. The van der Waals surface area contributed by atoms with Gasteiger partial charge in [0, 0.05) is 23.9 Å². The molecule has 5 nitrogen and oxygen atoms in total. The van der Waals surface area contributed by atoms with Crippen LogP contribution >= 0.6 is 0 Å². The minimum atomic E-state index is -0.567. The molecule has 3 unspecified atom stereocenters. The maximum absolute atomic E-state index is 13.0. The van der Waals surface area contributed by atoms with E-state index in [9.17, 15) is 9.59 Å². The smallest absolute Gasteiger partial charge is 0.329 e. The topological polar surface area (TPSA) is 59.8 Å². The summed E-state index contributed by atoms with van der Waals surface area (Å²) in [5.74, 6) is 0.435. The second-order valence-electron chi connectivity index (χ2n) is 6.04. The summed E-state index contributed by atoms with van der Waals surface area (Å²) in [7, 11) is 1.36. The Labute approximate surface area is 133 Å². The second-order valence-corrected chi connectivity index (χ2v) is 6.04. The summed E-state index contributed by atoms with van der Waals surface area (Å²) in [6.07, 6.45) is 2.89. The number of carbonyl (C=O) groups excluding carboxylic acids is 2. The molecule has 0 bridgehead atoms. The number of methoxy groups -OCH3 is 1. The predicted octanol–water partition coefficient (Wildman–Crippen LogP) is 2.51. The summed E-state index contributed by atoms with van der Waals surface area (Å²) in [6.45, 7) is 0. The molecule has 118 valence electrons. The number of anilines is 1. The van der Waals surface area contributed by atoms with Gasteiger partial charge in [-0.25, -0.2) is 4.79 Å². The predicted molar refractivity (Wildman–Crippen MR) is 83.0 cm³/mol. The largest absolute Gasteiger partial charge is 0.469 e. The van der Waals surface area contributed by atoms with Gasteiger partial charge < -0.3 is 9.15 Å². The summed E-state index contributed by atoms with van der Waals surface area (Å²) < 4.78 is 10.3. The van der Waals surface area contributed by atoms with E-state index in [4.69, 9.17) is 9.15 Å². The molecular weight excluding hydrogens is 294 g/mol. The number of carbonyl (C=O) groups is 2. The third-order valence-corrected chi connectivity index (χ3v) is 4.70. The van der Waals surface area contributed by atoms with Gasteiger partial charge >= 0.3 is 5.97 Å². The Morgan fingerprint density at radius 3 is 2.78 bits per heavy atom. The molecule has 1 aromatic heterocycles. The highest BCUT2D eigenvalue weighted by molar-refractivity contribution is 6.04. The van der Waals surface area contributed by atoms with Gasteiger partial charge in [0.1, 0.15) is 11.8 Å². The van der Waals surface area contributed by atoms with E-state index < -0.39 is 6.04 Å². The SMILES string of the molecule is COC(=O)C1Cc2ccccc2N1C(=O)C1CC1c1ccco1. The Bertz CT molecular complexity index is 752. The van der Waals surface area contributed by atoms with Gasteiger partial charge in [-0.3, -0.25) is 9.69 Å². The number of fused-ring (bicyclic) bond motifs is 1. The van der Waals surface area contributed by atoms with E-state index in [2.05, 4.69) is 0 Å². The van der Waals surface area contributed by atoms with Gasteiger partial charge in [0.15, 0.2) is 0 Å². The Balaban J connectivity index is 1.62. The van der Waals surface area contributed by atoms with Crippen LogP contribution in [0, 0.1) is 5.92 Å². The number of esters is 1. The second kappa shape index (κ2) is 5.26. The van der Waals surface area contributed by atoms with Gasteiger partial charge in [0.2, 0.25) is 5.91 Å². The molecule has 1 fully saturated rings. The highest BCUT2D eigenvalue weighted by Gasteiger charge is 2.51. The van der Waals surface area contributed by atoms with Crippen LogP contribution in [0.1, 0.15) is 23.7 Å². The first-order chi connectivity index (χ1) is 11.2. The van der Waals surface area contributed by atoms with Crippen molar-refractivity contribution in [3.63, 3.8) is 0 Å². The number of furan rings is 1. The van der Waals surface area contributed by atoms with Crippen molar-refractivity contribution in [1.29, 1.82) is 0 Å². The molecule has 1 amide bonds. The molecule has 0 saturated heterocycles. The molecule has 0 N–H and O–H groups in total. The lowest BCUT2D eigenvalue weighted by Crippen LogP contribution is -2.44. The summed E-state index contributed by atoms with van der Waals surface area (Å²) in [4.78, 5) is 26.7. The minimum Gasteiger partial charge on any atom is -0.469 e. The van der Waals surface area contributed by atoms with Gasteiger partial charge in [-0.15, -0.1) is 0 Å². The fourth-order valence-corrected chi connectivity index (χ4v) is 3.45. The zero-order valence-corrected chi connectivity index (χ0v) is 12.8. The Morgan fingerprint density at radius 2 is 2.04 bits per heavy atom. The van der Waals surface area contributed by atoms with Crippen LogP contribution in [-0.2, 0) is 20.7 Å². The molecule has 2 aliphatic rings. The van der Waals surface area contributed by atoms with Gasteiger partial charge in [-0.2, -0.15) is 0 Å². The monoisotopic (exact) mass is 311 g/mol. The maximum Gasteiger partial charge on any atom is 0.329 e. The summed E-state index contributed by atoms with van der Waals surface area (Å²) in [5.41, 5.74) is 1.82. The van der Waals surface area contributed by atoms with Gasteiger partial charge in [0.25, 0.3) is 0 Å². The van der Waals surface area contributed by atoms with Crippen molar-refractivity contribution >= 4 is 17.6 Å². The van der Waals surface area contributed by atoms with Crippen molar-refractivity contribution in [2.45, 2.75) is 24.8 Å². The van der Waals surface area contributed by atoms with Crippen LogP contribution in [0.2, 0.25) is 0 Å². The highest BCUT2D eigenvalue weighted by Crippen LogP contribution is 2.50. The number of benzene rings is 1. The molecule has 5 heteroatoms. The van der Waals surface area contributed by atoms with Gasteiger partial charge in [-0.05, 0) is 30.2 Å². The van der Waals surface area contributed by atoms with E-state index in [1.54, 1.807) is 11.2 Å². The Hall–Kier alpha value is -2.56. The summed E-state index contributed by atoms with van der Waals surface area (Å²) in [6, 6.07) is 10.8. The van der Waals surface area contributed by atoms with E-state index in [1.165, 1.54) is 7.11 Å². The minimum absolute atomic E-state index is 0.0215. The van der Waals surface area contributed by atoms with Crippen LogP contribution in [0.25, 0.3) is 0 Å². The van der Waals surface area contributed by atoms with Crippen molar-refractivity contribution < 1.29 is 18.7 Å². The highest BCUT2D eigenvalue weighted by atomic mass is 16.5. The van der Waals surface area contributed by atoms with Crippen LogP contribution in [0.3, 0.4) is 0 Å². The zero-order chi connectivity index (χ0) is 16.0. The van der Waals surface area contributed by atoms with E-state index in [1.807, 2.05) is 36.4 Å². The fourth-order valence-electron chi connectivity index (χ4n) is 3.45. The average Bonchev–Trinajstić information content (AvgIpc) is 3.03. The first-order valence-electron chi connectivity index (χ1n) is 7.73. The molecule has 1 aromatic carbocycles. The number of hydrogen-bond donors (Lipinski definition) is 0. The molecular formula is C18H17NO4. The standard InChI is InChI=1S/C18H17NO4/c1-22-18(21)15-9-11-5-2-3-6-14(11)19(15)17(20)13-10-12(13)16-7-4-8-23-16/h2-8,12-13,15H,9-10H2,1H3. The molecule has 2 aromatic rings. The van der Waals surface area contributed by atoms with Crippen molar-refractivity contribution in [1.82, 2.24) is 0 Å². The third-order valence-electron chi connectivity index (χ3n) is 4.70. The Morgan fingerprint density at radius 1 is 1.22 bits per heavy atom. The maximum atomic E-state index is 13.0. The number of hydrogen-bond acceptors (Lipinski definition) is 4. The lowest BCUT2D eigenvalue weighted by atomic mass is 10.1. The number of amides is 1. The molecule has 4 rings (SSSR count). The van der Waals surface area contributed by atoms with Crippen LogP contribution in [-0.4, -0.2) is 25.0 Å². The van der Waals surface area contributed by atoms with Crippen LogP contribution in [0.15, 0.2) is 47.1 Å². The lowest BCUT2D eigenvalue weighted by Gasteiger charge is -2.24. The zero-order valence-electron chi connectivity index (χ0n) is 12.8. The third kappa shape index (κ3) is 2.23. The molecule has 3 atom stereocenters. The summed E-state index contributed by atoms with van der Waals surface area (Å²) in [5, 5.41) is 0. The van der Waals surface area contributed by atoms with Crippen LogP contribution < -0.4 is 4.90 Å². The fraction of sp³-hybridized carbons (Fsp3) is 0.333. The first-order valence-corrected chi connectivity index (χ1v) is 7.73. The number of ether oxygens (including phenoxy) is 1. The molecule has 2 heterocycles. The van der Waals surface area contributed by atoms with Crippen molar-refractivity contribution in [3.05, 3.63) is 54.0 Å². The van der Waals surface area contributed by atoms with Gasteiger partial charge in [0.05, 0.1) is 13.4 Å². The molecule has 1 aliphatic heterocycles. The lowest BCUT2D eigenvalue weighted by molar-refractivity contribution is -0.143. The van der Waals surface area contributed by atoms with E-state index in [0.717, 1.165) is 23.4 Å². The van der Waals surface area contributed by atoms with Crippen LogP contribution in [0.5, 0.6) is 0 Å². The molecule has 23 heavy (non-hydrogen) atoms. The summed E-state index contributed by atoms with van der Waals surface area (Å²) >= 11 is 0. The van der Waals surface area contributed by atoms with E-state index in [-0.39, 0.29) is 23.7 Å². The molecule has 1 saturated carbocycles. The molecule has 0 spiro atoms.